The highest BCUT2D eigenvalue weighted by atomic mass is 79.9. The molecule has 2 aromatic carbocycles. The van der Waals surface area contributed by atoms with Crippen LogP contribution in [0, 0.1) is 5.82 Å². The summed E-state index contributed by atoms with van der Waals surface area (Å²) in [6, 6.07) is 11.3. The van der Waals surface area contributed by atoms with Gasteiger partial charge in [0.05, 0.1) is 11.1 Å². The number of hydrogen-bond donors (Lipinski definition) is 2. The molecule has 19 heavy (non-hydrogen) atoms. The van der Waals surface area contributed by atoms with E-state index in [9.17, 15) is 9.50 Å². The van der Waals surface area contributed by atoms with Gasteiger partial charge >= 0.3 is 0 Å². The molecule has 0 heterocycles. The van der Waals surface area contributed by atoms with E-state index in [0.717, 1.165) is 10.2 Å². The van der Waals surface area contributed by atoms with Gasteiger partial charge in [-0.1, -0.05) is 23.7 Å². The molecule has 0 bridgehead atoms. The van der Waals surface area contributed by atoms with Crippen LogP contribution in [0.4, 0.5) is 10.1 Å². The Morgan fingerprint density at radius 1 is 1.26 bits per heavy atom. The van der Waals surface area contributed by atoms with Crippen LogP contribution in [0.25, 0.3) is 0 Å². The average molecular weight is 345 g/mol. The van der Waals surface area contributed by atoms with Crippen molar-refractivity contribution in [3.63, 3.8) is 0 Å². The molecule has 5 heteroatoms. The van der Waals surface area contributed by atoms with E-state index in [1.807, 2.05) is 12.1 Å². The molecule has 0 saturated heterocycles. The molecule has 2 rings (SSSR count). The fourth-order valence-corrected chi connectivity index (χ4v) is 2.15. The first-order valence-corrected chi connectivity index (χ1v) is 6.86. The highest BCUT2D eigenvalue weighted by Crippen LogP contribution is 2.26. The van der Waals surface area contributed by atoms with E-state index >= 15 is 0 Å². The number of nitrogens with one attached hydrogen (secondary N) is 1. The minimum Gasteiger partial charge on any atom is -0.387 e. The largest absolute Gasteiger partial charge is 0.387 e. The maximum atomic E-state index is 13.0. The molecule has 0 radical (unpaired) electrons. The van der Waals surface area contributed by atoms with Crippen molar-refractivity contribution < 1.29 is 9.50 Å². The molecule has 0 aliphatic rings. The lowest BCUT2D eigenvalue weighted by Crippen LogP contribution is -2.12. The van der Waals surface area contributed by atoms with E-state index in [4.69, 9.17) is 11.6 Å². The monoisotopic (exact) mass is 343 g/mol. The van der Waals surface area contributed by atoms with Crippen molar-refractivity contribution in [1.29, 1.82) is 0 Å². The molecule has 2 aromatic rings. The molecule has 2 N–H and O–H groups in total. The van der Waals surface area contributed by atoms with Gasteiger partial charge in [-0.25, -0.2) is 4.39 Å². The molecule has 0 aliphatic carbocycles. The van der Waals surface area contributed by atoms with Gasteiger partial charge < -0.3 is 10.4 Å². The maximum Gasteiger partial charge on any atom is 0.123 e. The second-order valence-corrected chi connectivity index (χ2v) is 5.34. The summed E-state index contributed by atoms with van der Waals surface area (Å²) in [5.74, 6) is -0.356. The van der Waals surface area contributed by atoms with Crippen molar-refractivity contribution in [3.8, 4) is 0 Å². The van der Waals surface area contributed by atoms with Crippen molar-refractivity contribution in [2.75, 3.05) is 11.9 Å². The van der Waals surface area contributed by atoms with E-state index in [1.54, 1.807) is 18.2 Å². The number of benzene rings is 2. The fraction of sp³-hybridized carbons (Fsp3) is 0.143. The van der Waals surface area contributed by atoms with Crippen molar-refractivity contribution in [2.45, 2.75) is 6.10 Å². The first kappa shape index (κ1) is 14.3. The van der Waals surface area contributed by atoms with Crippen molar-refractivity contribution in [2.24, 2.45) is 0 Å². The van der Waals surface area contributed by atoms with Crippen LogP contribution in [0.1, 0.15) is 11.7 Å². The van der Waals surface area contributed by atoms with Crippen LogP contribution in [0.3, 0.4) is 0 Å². The Morgan fingerprint density at radius 2 is 2.05 bits per heavy atom. The molecular formula is C14H12BrClFNO. The molecule has 1 unspecified atom stereocenters. The van der Waals surface area contributed by atoms with Gasteiger partial charge in [-0.15, -0.1) is 0 Å². The first-order chi connectivity index (χ1) is 9.06. The molecule has 0 aromatic heterocycles. The molecule has 2 nitrogen and oxygen atoms in total. The van der Waals surface area contributed by atoms with E-state index in [0.29, 0.717) is 10.6 Å². The summed E-state index contributed by atoms with van der Waals surface area (Å²) < 4.78 is 13.8. The highest BCUT2D eigenvalue weighted by Gasteiger charge is 2.08. The number of aliphatic hydroxyl groups is 1. The minimum absolute atomic E-state index is 0.289. The van der Waals surface area contributed by atoms with Gasteiger partial charge in [0.15, 0.2) is 0 Å². The van der Waals surface area contributed by atoms with Gasteiger partial charge in [-0.2, -0.15) is 0 Å². The predicted octanol–water partition coefficient (Wildman–Crippen LogP) is 4.39. The minimum atomic E-state index is -0.773. The number of aliphatic hydroxyl groups excluding tert-OH is 1. The zero-order valence-electron chi connectivity index (χ0n) is 9.91. The average Bonchev–Trinajstić information content (AvgIpc) is 2.40. The summed E-state index contributed by atoms with van der Waals surface area (Å²) in [7, 11) is 0. The van der Waals surface area contributed by atoms with Gasteiger partial charge in [0.25, 0.3) is 0 Å². The summed E-state index contributed by atoms with van der Waals surface area (Å²) in [4.78, 5) is 0. The zero-order valence-corrected chi connectivity index (χ0v) is 12.2. The third kappa shape index (κ3) is 3.93. The van der Waals surface area contributed by atoms with Gasteiger partial charge in [-0.3, -0.25) is 0 Å². The van der Waals surface area contributed by atoms with E-state index in [2.05, 4.69) is 21.2 Å². The Balaban J connectivity index is 2.00. The Hall–Kier alpha value is -1.10. The molecular weight excluding hydrogens is 333 g/mol. The first-order valence-electron chi connectivity index (χ1n) is 5.69. The van der Waals surface area contributed by atoms with Crippen molar-refractivity contribution >= 4 is 33.2 Å². The van der Waals surface area contributed by atoms with Crippen molar-refractivity contribution in [3.05, 3.63) is 63.3 Å². The Kier molecular flexibility index (Phi) is 4.80. The van der Waals surface area contributed by atoms with E-state index < -0.39 is 6.10 Å². The third-order valence-electron chi connectivity index (χ3n) is 2.65. The number of hydrogen-bond acceptors (Lipinski definition) is 2. The lowest BCUT2D eigenvalue weighted by Gasteiger charge is -2.13. The third-order valence-corrected chi connectivity index (χ3v) is 3.87. The van der Waals surface area contributed by atoms with Crippen LogP contribution in [0.2, 0.25) is 5.02 Å². The standard InChI is InChI=1S/C14H12BrClFNO/c15-12-7-11(4-5-13(12)16)18-8-14(19)9-2-1-3-10(17)6-9/h1-7,14,18-19H,8H2. The van der Waals surface area contributed by atoms with E-state index in [-0.39, 0.29) is 12.4 Å². The van der Waals surface area contributed by atoms with Crippen LogP contribution in [0.15, 0.2) is 46.9 Å². The summed E-state index contributed by atoms with van der Waals surface area (Å²) in [6.07, 6.45) is -0.773. The Morgan fingerprint density at radius 3 is 2.74 bits per heavy atom. The summed E-state index contributed by atoms with van der Waals surface area (Å²) in [5.41, 5.74) is 1.37. The molecule has 100 valence electrons. The fourth-order valence-electron chi connectivity index (χ4n) is 1.65. The normalized spacial score (nSPS) is 12.2. The van der Waals surface area contributed by atoms with Gasteiger partial charge in [-0.05, 0) is 51.8 Å². The molecule has 0 fully saturated rings. The molecule has 1 atom stereocenters. The smallest absolute Gasteiger partial charge is 0.123 e. The van der Waals surface area contributed by atoms with Crippen LogP contribution < -0.4 is 5.32 Å². The van der Waals surface area contributed by atoms with Crippen LogP contribution in [-0.2, 0) is 0 Å². The molecule has 0 amide bonds. The lowest BCUT2D eigenvalue weighted by atomic mass is 10.1. The number of halogens is 3. The maximum absolute atomic E-state index is 13.0. The van der Waals surface area contributed by atoms with Gasteiger partial charge in [0, 0.05) is 16.7 Å². The van der Waals surface area contributed by atoms with Crippen LogP contribution in [0.5, 0.6) is 0 Å². The number of rotatable bonds is 4. The second kappa shape index (κ2) is 6.37. The molecule has 0 spiro atoms. The summed E-state index contributed by atoms with van der Waals surface area (Å²) in [6.45, 7) is 0.289. The van der Waals surface area contributed by atoms with Crippen LogP contribution >= 0.6 is 27.5 Å². The Bertz CT molecular complexity index is 579. The topological polar surface area (TPSA) is 32.3 Å². The second-order valence-electron chi connectivity index (χ2n) is 4.08. The zero-order chi connectivity index (χ0) is 13.8. The van der Waals surface area contributed by atoms with Crippen LogP contribution in [-0.4, -0.2) is 11.7 Å². The molecule has 0 aliphatic heterocycles. The summed E-state index contributed by atoms with van der Waals surface area (Å²) >= 11 is 9.21. The van der Waals surface area contributed by atoms with Gasteiger partial charge in [0.2, 0.25) is 0 Å². The SMILES string of the molecule is OC(CNc1ccc(Cl)c(Br)c1)c1cccc(F)c1. The van der Waals surface area contributed by atoms with Gasteiger partial charge in [0.1, 0.15) is 5.82 Å². The van der Waals surface area contributed by atoms with E-state index in [1.165, 1.54) is 12.1 Å². The highest BCUT2D eigenvalue weighted by molar-refractivity contribution is 9.10. The summed E-state index contributed by atoms with van der Waals surface area (Å²) in [5, 5.41) is 13.7. The number of anilines is 1. The quantitative estimate of drug-likeness (QED) is 0.862. The lowest BCUT2D eigenvalue weighted by molar-refractivity contribution is 0.191. The molecule has 0 saturated carbocycles. The predicted molar refractivity (Wildman–Crippen MR) is 79.0 cm³/mol. The Labute approximate surface area is 124 Å². The van der Waals surface area contributed by atoms with Crippen molar-refractivity contribution in [1.82, 2.24) is 0 Å².